The largest absolute Gasteiger partial charge is 0.456 e. The molecule has 178 valence electrons. The van der Waals surface area contributed by atoms with Crippen LogP contribution in [0.25, 0.3) is 0 Å². The fourth-order valence-corrected chi connectivity index (χ4v) is 6.23. The number of carbonyl (C=O) groups is 1. The Hall–Kier alpha value is -2.96. The van der Waals surface area contributed by atoms with Gasteiger partial charge >= 0.3 is 5.97 Å². The van der Waals surface area contributed by atoms with Gasteiger partial charge in [0.2, 0.25) is 10.0 Å². The van der Waals surface area contributed by atoms with E-state index in [4.69, 9.17) is 4.74 Å². The predicted molar refractivity (Wildman–Crippen MR) is 133 cm³/mol. The second-order valence-corrected chi connectivity index (χ2v) is 10.6. The molecule has 0 saturated carbocycles. The molecule has 2 atom stereocenters. The quantitative estimate of drug-likeness (QED) is 0.393. The van der Waals surface area contributed by atoms with E-state index in [1.54, 1.807) is 12.1 Å². The number of sulfonamides is 1. The zero-order valence-corrected chi connectivity index (χ0v) is 20.1. The smallest absolute Gasteiger partial charge is 0.325 e. The molecule has 1 saturated heterocycles. The number of aryl methyl sites for hydroxylation is 1. The Morgan fingerprint density at radius 3 is 2.09 bits per heavy atom. The van der Waals surface area contributed by atoms with E-state index in [0.717, 1.165) is 24.8 Å². The molecule has 34 heavy (non-hydrogen) atoms. The van der Waals surface area contributed by atoms with Gasteiger partial charge in [-0.1, -0.05) is 91.0 Å². The molecule has 0 spiro atoms. The molecule has 1 unspecified atom stereocenters. The highest BCUT2D eigenvalue weighted by Gasteiger charge is 2.38. The number of hydrogen-bond donors (Lipinski definition) is 0. The van der Waals surface area contributed by atoms with Crippen LogP contribution < -0.4 is 0 Å². The van der Waals surface area contributed by atoms with Crippen molar-refractivity contribution in [3.05, 3.63) is 108 Å². The summed E-state index contributed by atoms with van der Waals surface area (Å²) >= 11 is 0. The Morgan fingerprint density at radius 1 is 0.853 bits per heavy atom. The lowest BCUT2D eigenvalue weighted by Gasteiger charge is -2.34. The standard InChI is InChI=1S/C28H31NO4S/c30-28(26-18-10-11-21-29(26)34(31,32)22-24-14-6-2-7-15-24)33-27(25-16-8-3-9-17-25)20-19-23-12-4-1-5-13-23/h1-9,12-17,26-27H,10-11,18-22H2/t26?,27-/m1/s1. The van der Waals surface area contributed by atoms with Gasteiger partial charge in [0.25, 0.3) is 0 Å². The number of esters is 1. The monoisotopic (exact) mass is 477 g/mol. The van der Waals surface area contributed by atoms with Crippen LogP contribution in [-0.4, -0.2) is 31.3 Å². The molecule has 6 heteroatoms. The van der Waals surface area contributed by atoms with Crippen molar-refractivity contribution in [3.8, 4) is 0 Å². The molecule has 0 aromatic heterocycles. The van der Waals surface area contributed by atoms with Gasteiger partial charge in [-0.15, -0.1) is 0 Å². The van der Waals surface area contributed by atoms with Crippen LogP contribution >= 0.6 is 0 Å². The van der Waals surface area contributed by atoms with Crippen molar-refractivity contribution in [2.24, 2.45) is 0 Å². The van der Waals surface area contributed by atoms with Crippen molar-refractivity contribution < 1.29 is 17.9 Å². The van der Waals surface area contributed by atoms with E-state index >= 15 is 0 Å². The molecule has 5 nitrogen and oxygen atoms in total. The molecule has 3 aromatic carbocycles. The van der Waals surface area contributed by atoms with E-state index in [9.17, 15) is 13.2 Å². The SMILES string of the molecule is O=C(O[C@H](CCc1ccccc1)c1ccccc1)C1CCCCN1S(=O)(=O)Cc1ccccc1. The summed E-state index contributed by atoms with van der Waals surface area (Å²) in [5, 5.41) is 0. The van der Waals surface area contributed by atoms with Crippen molar-refractivity contribution in [2.75, 3.05) is 6.54 Å². The summed E-state index contributed by atoms with van der Waals surface area (Å²) in [7, 11) is -3.65. The second kappa shape index (κ2) is 11.4. The van der Waals surface area contributed by atoms with Gasteiger partial charge in [-0.05, 0) is 48.8 Å². The van der Waals surface area contributed by atoms with Crippen molar-refractivity contribution in [2.45, 2.75) is 50.0 Å². The summed E-state index contributed by atoms with van der Waals surface area (Å²) in [4.78, 5) is 13.4. The number of carbonyl (C=O) groups excluding carboxylic acids is 1. The molecule has 3 aromatic rings. The topological polar surface area (TPSA) is 63.7 Å². The third-order valence-electron chi connectivity index (χ3n) is 6.24. The number of piperidine rings is 1. The van der Waals surface area contributed by atoms with Crippen LogP contribution in [-0.2, 0) is 31.7 Å². The Bertz CT molecular complexity index is 1150. The molecule has 0 radical (unpaired) electrons. The van der Waals surface area contributed by atoms with Crippen LogP contribution in [0.4, 0.5) is 0 Å². The number of rotatable bonds is 9. The predicted octanol–water partition coefficient (Wildman–Crippen LogP) is 5.29. The van der Waals surface area contributed by atoms with E-state index in [1.807, 2.05) is 66.7 Å². The molecule has 1 heterocycles. The molecule has 1 fully saturated rings. The van der Waals surface area contributed by atoms with Crippen LogP contribution in [0.3, 0.4) is 0 Å². The lowest BCUT2D eigenvalue weighted by Crippen LogP contribution is -2.49. The van der Waals surface area contributed by atoms with Crippen molar-refractivity contribution in [1.82, 2.24) is 4.31 Å². The minimum atomic E-state index is -3.65. The molecule has 4 rings (SSSR count). The third kappa shape index (κ3) is 6.33. The number of nitrogens with zero attached hydrogens (tertiary/aromatic N) is 1. The van der Waals surface area contributed by atoms with Gasteiger partial charge < -0.3 is 4.74 Å². The van der Waals surface area contributed by atoms with Gasteiger partial charge in [0.1, 0.15) is 12.1 Å². The molecular weight excluding hydrogens is 446 g/mol. The van der Waals surface area contributed by atoms with Gasteiger partial charge in [-0.3, -0.25) is 4.79 Å². The van der Waals surface area contributed by atoms with Gasteiger partial charge in [0.05, 0.1) is 5.75 Å². The van der Waals surface area contributed by atoms with E-state index in [1.165, 1.54) is 9.87 Å². The maximum atomic E-state index is 13.4. The first-order valence-corrected chi connectivity index (χ1v) is 13.5. The van der Waals surface area contributed by atoms with E-state index in [-0.39, 0.29) is 5.75 Å². The average molecular weight is 478 g/mol. The Morgan fingerprint density at radius 2 is 1.44 bits per heavy atom. The van der Waals surface area contributed by atoms with Crippen molar-refractivity contribution in [3.63, 3.8) is 0 Å². The summed E-state index contributed by atoms with van der Waals surface area (Å²) in [6.45, 7) is 0.342. The molecule has 0 amide bonds. The zero-order chi connectivity index (χ0) is 23.8. The fourth-order valence-electron chi connectivity index (χ4n) is 4.46. The Kier molecular flexibility index (Phi) is 8.14. The summed E-state index contributed by atoms with van der Waals surface area (Å²) in [6, 6.07) is 28.1. The average Bonchev–Trinajstić information content (AvgIpc) is 2.88. The van der Waals surface area contributed by atoms with Crippen LogP contribution in [0.5, 0.6) is 0 Å². The maximum absolute atomic E-state index is 13.4. The van der Waals surface area contributed by atoms with Gasteiger partial charge in [0.15, 0.2) is 0 Å². The van der Waals surface area contributed by atoms with Crippen molar-refractivity contribution in [1.29, 1.82) is 0 Å². The number of hydrogen-bond acceptors (Lipinski definition) is 4. The summed E-state index contributed by atoms with van der Waals surface area (Å²) in [6.07, 6.45) is 2.98. The minimum Gasteiger partial charge on any atom is -0.456 e. The number of ether oxygens (including phenoxy) is 1. The molecule has 0 bridgehead atoms. The first-order valence-electron chi connectivity index (χ1n) is 11.9. The lowest BCUT2D eigenvalue weighted by atomic mass is 10.0. The second-order valence-electron chi connectivity index (χ2n) is 8.72. The first kappa shape index (κ1) is 24.2. The maximum Gasteiger partial charge on any atom is 0.325 e. The molecule has 0 aliphatic carbocycles. The fraction of sp³-hybridized carbons (Fsp3) is 0.321. The highest BCUT2D eigenvalue weighted by Crippen LogP contribution is 2.28. The molecule has 1 aliphatic heterocycles. The van der Waals surface area contributed by atoms with Crippen LogP contribution in [0.15, 0.2) is 91.0 Å². The Labute approximate surface area is 202 Å². The lowest BCUT2D eigenvalue weighted by molar-refractivity contribution is -0.155. The Balaban J connectivity index is 1.50. The first-order chi connectivity index (χ1) is 16.5. The molecular formula is C28H31NO4S. The van der Waals surface area contributed by atoms with E-state index in [2.05, 4.69) is 12.1 Å². The minimum absolute atomic E-state index is 0.117. The van der Waals surface area contributed by atoms with Crippen molar-refractivity contribution >= 4 is 16.0 Å². The zero-order valence-electron chi connectivity index (χ0n) is 19.3. The highest BCUT2D eigenvalue weighted by molar-refractivity contribution is 7.88. The summed E-state index contributed by atoms with van der Waals surface area (Å²) < 4.78 is 33.9. The number of benzene rings is 3. The van der Waals surface area contributed by atoms with Gasteiger partial charge in [-0.25, -0.2) is 8.42 Å². The summed E-state index contributed by atoms with van der Waals surface area (Å²) in [5.41, 5.74) is 2.80. The third-order valence-corrected chi connectivity index (χ3v) is 8.09. The molecule has 0 N–H and O–H groups in total. The van der Waals surface area contributed by atoms with Crippen LogP contribution in [0, 0.1) is 0 Å². The van der Waals surface area contributed by atoms with E-state index < -0.39 is 28.1 Å². The van der Waals surface area contributed by atoms with E-state index in [0.29, 0.717) is 24.9 Å². The van der Waals surface area contributed by atoms with Gasteiger partial charge in [-0.2, -0.15) is 4.31 Å². The van der Waals surface area contributed by atoms with Gasteiger partial charge in [0, 0.05) is 6.54 Å². The normalized spacial score (nSPS) is 17.7. The summed E-state index contributed by atoms with van der Waals surface area (Å²) in [5.74, 6) is -0.577. The molecule has 1 aliphatic rings. The van der Waals surface area contributed by atoms with Crippen LogP contribution in [0.1, 0.15) is 48.5 Å². The van der Waals surface area contributed by atoms with Crippen LogP contribution in [0.2, 0.25) is 0 Å². The highest BCUT2D eigenvalue weighted by atomic mass is 32.2.